The fourth-order valence-corrected chi connectivity index (χ4v) is 8.69. The van der Waals surface area contributed by atoms with Crippen molar-refractivity contribution in [2.24, 2.45) is 17.8 Å². The van der Waals surface area contributed by atoms with Crippen molar-refractivity contribution < 1.29 is 51.8 Å². The van der Waals surface area contributed by atoms with Crippen LogP contribution in [0.3, 0.4) is 0 Å². The molecule has 2 aromatic carbocycles. The summed E-state index contributed by atoms with van der Waals surface area (Å²) in [6.45, 7) is 10.3. The molecule has 19 heteroatoms. The molecule has 0 bridgehead atoms. The van der Waals surface area contributed by atoms with Gasteiger partial charge in [-0.05, 0) is 113 Å². The second-order valence-electron chi connectivity index (χ2n) is 18.8. The lowest BCUT2D eigenvalue weighted by atomic mass is 9.95. The summed E-state index contributed by atoms with van der Waals surface area (Å²) in [5.41, 5.74) is -4.01. The van der Waals surface area contributed by atoms with Gasteiger partial charge in [0.25, 0.3) is 5.91 Å². The molecule has 1 saturated carbocycles. The van der Waals surface area contributed by atoms with Gasteiger partial charge in [0.05, 0.1) is 6.04 Å². The standard InChI is InChI=1S/C47H63Cl2F3N6O8/c1-26(2)22-27(3)41(62)57(9)36(24-31-23-32(48)19-20-34(31)49)39(60)55-45(5,6)43(64)53-21-13-12-16-35(28(4)59)56(8)42(63)37(29-17-18-29)54-40(61)38-33-15-11-10-14-30(33)25-58(38)44(65)46(7,66)47(50,51)52/h10-11,14-15,19-20,23,26-27,29,35-38,66H,12-13,16-18,21-22,24-25H2,1-9H3,(H,53,64)(H,54,61)(H,55,60)/t27-,35-,36-,37-,38+,46+/m0/s1. The smallest absolute Gasteiger partial charge is 0.373 e. The molecular formula is C47H63Cl2F3N6O8. The Morgan fingerprint density at radius 1 is 0.894 bits per heavy atom. The van der Waals surface area contributed by atoms with Crippen LogP contribution in [0.1, 0.15) is 110 Å². The lowest BCUT2D eigenvalue weighted by molar-refractivity contribution is -0.251. The van der Waals surface area contributed by atoms with Gasteiger partial charge in [-0.25, -0.2) is 0 Å². The Kier molecular flexibility index (Phi) is 17.9. The van der Waals surface area contributed by atoms with Gasteiger partial charge in [-0.1, -0.05) is 68.2 Å². The molecule has 2 aliphatic rings. The lowest BCUT2D eigenvalue weighted by Crippen LogP contribution is -2.60. The molecule has 364 valence electrons. The Morgan fingerprint density at radius 2 is 1.52 bits per heavy atom. The zero-order valence-electron chi connectivity index (χ0n) is 39.0. The number of Topliss-reactive ketones (excluding diaryl/α,β-unsaturated/α-hetero) is 1. The van der Waals surface area contributed by atoms with Crippen molar-refractivity contribution in [2.45, 2.75) is 141 Å². The van der Waals surface area contributed by atoms with Crippen LogP contribution < -0.4 is 16.0 Å². The Hall–Kier alpha value is -4.74. The molecule has 1 fully saturated rings. The first-order valence-electron chi connectivity index (χ1n) is 22.2. The third-order valence-corrected chi connectivity index (χ3v) is 13.0. The van der Waals surface area contributed by atoms with Gasteiger partial charge >= 0.3 is 6.18 Å². The minimum absolute atomic E-state index is 0.0335. The fourth-order valence-electron chi connectivity index (χ4n) is 8.30. The first-order valence-corrected chi connectivity index (χ1v) is 22.9. The largest absolute Gasteiger partial charge is 0.426 e. The fraction of sp³-hybridized carbons (Fsp3) is 0.596. The minimum atomic E-state index is -5.33. The molecule has 0 aromatic heterocycles. The summed E-state index contributed by atoms with van der Waals surface area (Å²) in [6.07, 6.45) is -2.65. The number of unbranched alkanes of at least 4 members (excludes halogenated alkanes) is 1. The zero-order chi connectivity index (χ0) is 49.6. The number of carbonyl (C=O) groups excluding carboxylic acids is 7. The molecule has 6 atom stereocenters. The van der Waals surface area contributed by atoms with Crippen molar-refractivity contribution >= 4 is 64.4 Å². The number of nitrogens with zero attached hydrogens (tertiary/aromatic N) is 3. The third kappa shape index (κ3) is 13.0. The maximum atomic E-state index is 14.0. The number of hydrogen-bond acceptors (Lipinski definition) is 8. The number of aliphatic hydroxyl groups is 1. The van der Waals surface area contributed by atoms with Gasteiger partial charge < -0.3 is 35.8 Å². The van der Waals surface area contributed by atoms with Crippen molar-refractivity contribution in [1.29, 1.82) is 0 Å². The summed E-state index contributed by atoms with van der Waals surface area (Å²) in [7, 11) is 2.97. The van der Waals surface area contributed by atoms with Crippen LogP contribution in [0.15, 0.2) is 42.5 Å². The summed E-state index contributed by atoms with van der Waals surface area (Å²) in [5.74, 6) is -5.36. The van der Waals surface area contributed by atoms with E-state index in [-0.39, 0.29) is 60.9 Å². The summed E-state index contributed by atoms with van der Waals surface area (Å²) < 4.78 is 41.3. The molecule has 14 nitrogen and oxygen atoms in total. The second kappa shape index (κ2) is 21.9. The average molecular weight is 968 g/mol. The molecule has 66 heavy (non-hydrogen) atoms. The van der Waals surface area contributed by atoms with Gasteiger partial charge in [-0.2, -0.15) is 13.2 Å². The van der Waals surface area contributed by atoms with Crippen LogP contribution in [0.25, 0.3) is 0 Å². The number of halogens is 5. The van der Waals surface area contributed by atoms with Crippen molar-refractivity contribution in [1.82, 2.24) is 30.7 Å². The topological polar surface area (TPSA) is 186 Å². The monoisotopic (exact) mass is 966 g/mol. The minimum Gasteiger partial charge on any atom is -0.373 e. The van der Waals surface area contributed by atoms with Crippen LogP contribution in [0.4, 0.5) is 13.2 Å². The summed E-state index contributed by atoms with van der Waals surface area (Å²) in [4.78, 5) is 98.4. The van der Waals surface area contributed by atoms with Crippen LogP contribution >= 0.6 is 23.2 Å². The normalized spacial score (nSPS) is 17.7. The quantitative estimate of drug-likeness (QED) is 0.111. The summed E-state index contributed by atoms with van der Waals surface area (Å²) in [6, 6.07) is 6.37. The second-order valence-corrected chi connectivity index (χ2v) is 19.6. The number of nitrogens with one attached hydrogen (secondary N) is 3. The van der Waals surface area contributed by atoms with Crippen molar-refractivity contribution in [3.8, 4) is 0 Å². The van der Waals surface area contributed by atoms with E-state index in [9.17, 15) is 51.8 Å². The third-order valence-electron chi connectivity index (χ3n) is 12.4. The molecule has 0 unspecified atom stereocenters. The Labute approximate surface area is 394 Å². The van der Waals surface area contributed by atoms with Crippen LogP contribution in [-0.2, 0) is 46.5 Å². The molecule has 2 aromatic rings. The SMILES string of the molecule is CC(=O)[C@H](CCCCNC(=O)C(C)(C)NC(=O)[C@H](Cc1cc(Cl)ccc1Cl)N(C)C(=O)[C@@H](C)CC(C)C)N(C)C(=O)[C@@H](NC(=O)[C@H]1c2ccccc2CN1C(=O)[C@@](C)(O)C(F)(F)F)C1CC1. The van der Waals surface area contributed by atoms with Crippen molar-refractivity contribution in [2.75, 3.05) is 20.6 Å². The Balaban J connectivity index is 1.38. The van der Waals surface area contributed by atoms with E-state index in [1.54, 1.807) is 50.4 Å². The lowest BCUT2D eigenvalue weighted by Gasteiger charge is -2.34. The van der Waals surface area contributed by atoms with Crippen molar-refractivity contribution in [3.05, 3.63) is 69.2 Å². The summed E-state index contributed by atoms with van der Waals surface area (Å²) in [5, 5.41) is 19.3. The molecule has 1 aliphatic heterocycles. The van der Waals surface area contributed by atoms with Gasteiger partial charge in [0, 0.05) is 49.6 Å². The van der Waals surface area contributed by atoms with Crippen LogP contribution in [-0.4, -0.2) is 117 Å². The van der Waals surface area contributed by atoms with Gasteiger partial charge in [0.2, 0.25) is 35.1 Å². The molecule has 6 amide bonds. The van der Waals surface area contributed by atoms with Crippen LogP contribution in [0.2, 0.25) is 10.0 Å². The highest BCUT2D eigenvalue weighted by atomic mass is 35.5. The predicted molar refractivity (Wildman–Crippen MR) is 243 cm³/mol. The van der Waals surface area contributed by atoms with E-state index >= 15 is 0 Å². The average Bonchev–Trinajstić information content (AvgIpc) is 4.00. The van der Waals surface area contributed by atoms with E-state index in [1.165, 1.54) is 43.7 Å². The molecule has 0 saturated heterocycles. The van der Waals surface area contributed by atoms with Crippen molar-refractivity contribution in [3.63, 3.8) is 0 Å². The van der Waals surface area contributed by atoms with E-state index in [0.717, 1.165) is 0 Å². The highest BCUT2D eigenvalue weighted by molar-refractivity contribution is 6.33. The molecule has 1 heterocycles. The Morgan fingerprint density at radius 3 is 2.11 bits per heavy atom. The first-order chi connectivity index (χ1) is 30.6. The van der Waals surface area contributed by atoms with E-state index in [1.807, 2.05) is 13.8 Å². The molecule has 0 radical (unpaired) electrons. The molecule has 4 rings (SSSR count). The van der Waals surface area contributed by atoms with Gasteiger partial charge in [-0.3, -0.25) is 33.6 Å². The zero-order valence-corrected chi connectivity index (χ0v) is 40.5. The number of rotatable bonds is 21. The number of carbonyl (C=O) groups is 7. The number of likely N-dealkylation sites (N-methyl/N-ethyl adjacent to an activating group) is 2. The number of amides is 6. The van der Waals surface area contributed by atoms with E-state index in [2.05, 4.69) is 16.0 Å². The van der Waals surface area contributed by atoms with Crippen LogP contribution in [0.5, 0.6) is 0 Å². The summed E-state index contributed by atoms with van der Waals surface area (Å²) >= 11 is 12.7. The predicted octanol–water partition coefficient (Wildman–Crippen LogP) is 5.93. The highest BCUT2D eigenvalue weighted by Gasteiger charge is 2.59. The first kappa shape index (κ1) is 53.9. The number of fused-ring (bicyclic) bond motifs is 1. The molecule has 1 aliphatic carbocycles. The highest BCUT2D eigenvalue weighted by Crippen LogP contribution is 2.41. The maximum absolute atomic E-state index is 14.0. The number of alkyl halides is 3. The molecular weight excluding hydrogens is 904 g/mol. The van der Waals surface area contributed by atoms with Gasteiger partial charge in [-0.15, -0.1) is 0 Å². The maximum Gasteiger partial charge on any atom is 0.426 e. The Bertz CT molecular complexity index is 2150. The number of benzene rings is 2. The number of ketones is 1. The molecule has 4 N–H and O–H groups in total. The van der Waals surface area contributed by atoms with E-state index in [0.29, 0.717) is 65.1 Å². The molecule has 0 spiro atoms. The van der Waals surface area contributed by atoms with E-state index in [4.69, 9.17) is 23.2 Å². The number of hydrogen-bond donors (Lipinski definition) is 4. The van der Waals surface area contributed by atoms with E-state index < -0.39 is 71.0 Å². The van der Waals surface area contributed by atoms with Crippen LogP contribution in [0, 0.1) is 17.8 Å². The van der Waals surface area contributed by atoms with Gasteiger partial charge in [0.1, 0.15) is 23.7 Å². The van der Waals surface area contributed by atoms with Gasteiger partial charge in [0.15, 0.2) is 5.78 Å².